The number of aliphatic hydroxyl groups is 1. The fourth-order valence-electron chi connectivity index (χ4n) is 14.7. The van der Waals surface area contributed by atoms with Crippen molar-refractivity contribution in [1.82, 2.24) is 29.2 Å². The monoisotopic (exact) mass is 1850 g/mol. The quantitative estimate of drug-likeness (QED) is 0.00602. The zero-order valence-electron chi connectivity index (χ0n) is 79.0. The number of aliphatic hydroxyl groups excluding tert-OH is 1. The number of piperazine rings is 2. The molecule has 14 rings (SSSR count). The van der Waals surface area contributed by atoms with Crippen LogP contribution in [0.3, 0.4) is 0 Å². The summed E-state index contributed by atoms with van der Waals surface area (Å²) in [5, 5.41) is 40.4. The van der Waals surface area contributed by atoms with Gasteiger partial charge < -0.3 is 97.3 Å². The molecular weight excluding hydrogens is 1730 g/mol. The number of ether oxygens (including phenoxy) is 4. The maximum Gasteiger partial charge on any atom is 1.00 e. The van der Waals surface area contributed by atoms with Crippen LogP contribution < -0.4 is 85.3 Å². The molecule has 2 atom stereocenters. The number of nitrogens with one attached hydrogen (secondary N) is 4. The third kappa shape index (κ3) is 35.9. The predicted octanol–water partition coefficient (Wildman–Crippen LogP) is 10.4. The van der Waals surface area contributed by atoms with Crippen LogP contribution in [-0.4, -0.2) is 238 Å². The van der Waals surface area contributed by atoms with Gasteiger partial charge in [-0.25, -0.2) is 19.4 Å². The number of carbonyl (C=O) groups is 8. The Hall–Kier alpha value is -11.4. The van der Waals surface area contributed by atoms with Crippen molar-refractivity contribution in [2.75, 3.05) is 163 Å². The summed E-state index contributed by atoms with van der Waals surface area (Å²) in [6.07, 6.45) is 2.90. The van der Waals surface area contributed by atoms with Crippen molar-refractivity contribution >= 4 is 112 Å². The summed E-state index contributed by atoms with van der Waals surface area (Å²) in [7, 11) is 8.88. The fraction of sp³-hybridized carbons (Fsp3) is 0.453. The van der Waals surface area contributed by atoms with Gasteiger partial charge in [0.1, 0.15) is 53.9 Å². The van der Waals surface area contributed by atoms with Crippen LogP contribution in [0.25, 0.3) is 22.3 Å². The largest absolute Gasteiger partial charge is 1.00 e. The van der Waals surface area contributed by atoms with Gasteiger partial charge in [-0.2, -0.15) is 0 Å². The summed E-state index contributed by atoms with van der Waals surface area (Å²) in [5.41, 5.74) is 16.9. The maximum absolute atomic E-state index is 13.3. The van der Waals surface area contributed by atoms with Crippen molar-refractivity contribution in [3.05, 3.63) is 189 Å². The number of aryl methyl sites for hydroxylation is 2. The third-order valence-corrected chi connectivity index (χ3v) is 20.9. The molecule has 0 aliphatic carbocycles. The number of amides is 1. The number of nitro benzene ring substituents is 2. The molecule has 6 aliphatic rings. The summed E-state index contributed by atoms with van der Waals surface area (Å²) in [6.45, 7) is 41.9. The Balaban J connectivity index is 0.000000284. The Bertz CT molecular complexity index is 5050. The number of nitrogens with two attached hydrogens (primary N) is 1. The zero-order chi connectivity index (χ0) is 96.6. The Morgan fingerprint density at radius 3 is 1.45 bits per heavy atom. The number of nitrogens with zero attached hydrogens (tertiary/aromatic N) is 9. The van der Waals surface area contributed by atoms with E-state index in [1.54, 1.807) is 28.3 Å². The van der Waals surface area contributed by atoms with Crippen molar-refractivity contribution in [3.8, 4) is 45.3 Å². The van der Waals surface area contributed by atoms with E-state index in [4.69, 9.17) is 41.4 Å². The van der Waals surface area contributed by atoms with Crippen LogP contribution >= 0.6 is 11.6 Å². The minimum absolute atomic E-state index is 0. The van der Waals surface area contributed by atoms with E-state index in [-0.39, 0.29) is 46.8 Å². The number of benzene rings is 6. The number of aromatic nitrogens is 2. The second-order valence-electron chi connectivity index (χ2n) is 33.1. The molecule has 132 heavy (non-hydrogen) atoms. The summed E-state index contributed by atoms with van der Waals surface area (Å²) in [4.78, 5) is 128. The first kappa shape index (κ1) is 111. The van der Waals surface area contributed by atoms with Crippen molar-refractivity contribution < 1.29 is 116 Å². The number of Topliss-reactive ketones (excluding diaryl/α,β-unsaturated/α-hetero) is 2. The third-order valence-electron chi connectivity index (χ3n) is 20.7. The second kappa shape index (κ2) is 57.1. The Labute approximate surface area is 802 Å². The van der Waals surface area contributed by atoms with Gasteiger partial charge in [-0.3, -0.25) is 49.1 Å². The number of carbonyl (C=O) groups excluding carboxylic acids is 8. The average Bonchev–Trinajstić information content (AvgIpc) is 1.65. The summed E-state index contributed by atoms with van der Waals surface area (Å²) < 4.78 is 30.3. The van der Waals surface area contributed by atoms with Gasteiger partial charge in [-0.1, -0.05) is 116 Å². The van der Waals surface area contributed by atoms with E-state index in [0.29, 0.717) is 78.2 Å². The Morgan fingerprint density at radius 1 is 0.553 bits per heavy atom. The molecule has 6 aliphatic heterocycles. The summed E-state index contributed by atoms with van der Waals surface area (Å²) >= 11 is 5.30. The van der Waals surface area contributed by atoms with Gasteiger partial charge in [0.15, 0.2) is 0 Å². The van der Waals surface area contributed by atoms with Crippen LogP contribution in [-0.2, 0) is 57.3 Å². The van der Waals surface area contributed by atoms with Crippen molar-refractivity contribution in [3.63, 3.8) is 0 Å². The first-order chi connectivity index (χ1) is 62.5. The van der Waals surface area contributed by atoms with Crippen molar-refractivity contribution in [2.45, 2.75) is 115 Å². The van der Waals surface area contributed by atoms with E-state index < -0.39 is 50.5 Å². The number of nitro groups is 2. The zero-order valence-corrected chi connectivity index (χ0v) is 81.8. The number of non-ortho nitro benzene ring substituents is 2. The molecule has 3 radical (unpaired) electrons. The van der Waals surface area contributed by atoms with Gasteiger partial charge in [0.05, 0.1) is 70.0 Å². The fourth-order valence-corrected chi connectivity index (χ4v) is 14.8. The number of rotatable bonds is 16. The molecule has 34 nitrogen and oxygen atoms in total. The smallest absolute Gasteiger partial charge is 0.793 e. The van der Waals surface area contributed by atoms with E-state index in [2.05, 4.69) is 110 Å². The van der Waals surface area contributed by atoms with Gasteiger partial charge in [-0.05, 0) is 116 Å². The molecule has 8 heterocycles. The number of ketones is 2. The molecule has 37 heteroatoms. The number of anilines is 6. The van der Waals surface area contributed by atoms with Gasteiger partial charge >= 0.3 is 41.5 Å². The topological polar surface area (TPSA) is 408 Å². The minimum Gasteiger partial charge on any atom is -0.793 e. The number of hydrogen-bond acceptors (Lipinski definition) is 29. The number of nitrogen functional groups attached to an aromatic ring is 1. The van der Waals surface area contributed by atoms with Crippen LogP contribution in [0.2, 0.25) is 0 Å². The molecule has 2 fully saturated rings. The van der Waals surface area contributed by atoms with Crippen LogP contribution in [0.15, 0.2) is 146 Å². The number of hydrogen-bond donors (Lipinski definition) is 6. The predicted molar refractivity (Wildman–Crippen MR) is 510 cm³/mol. The normalized spacial score (nSPS) is 15.3. The average molecular weight is 1860 g/mol. The molecule has 0 saturated carbocycles. The molecular formula is C95H128BClN14NaO20. The molecule has 2 aromatic heterocycles. The van der Waals surface area contributed by atoms with E-state index in [9.17, 15) is 58.6 Å². The molecule has 0 bridgehead atoms. The second-order valence-corrected chi connectivity index (χ2v) is 33.4. The van der Waals surface area contributed by atoms with Gasteiger partial charge in [0, 0.05) is 204 Å². The molecule has 1 amide bonds. The van der Waals surface area contributed by atoms with Crippen molar-refractivity contribution in [2.24, 2.45) is 37.8 Å². The minimum atomic E-state index is -0.964. The molecule has 709 valence electrons. The van der Waals surface area contributed by atoms with Crippen LogP contribution in [0, 0.1) is 57.7 Å². The summed E-state index contributed by atoms with van der Waals surface area (Å²) in [6, 6.07) is 44.6. The van der Waals surface area contributed by atoms with E-state index >= 15 is 0 Å². The van der Waals surface area contributed by atoms with Gasteiger partial charge in [0.25, 0.3) is 34.1 Å². The van der Waals surface area contributed by atoms with Gasteiger partial charge in [-0.15, -0.1) is 0 Å². The molecule has 6 aromatic carbocycles. The molecule has 2 saturated heterocycles. The van der Waals surface area contributed by atoms with Crippen molar-refractivity contribution in [1.29, 1.82) is 0 Å². The van der Waals surface area contributed by atoms with Gasteiger partial charge in [0.2, 0.25) is 5.97 Å². The SMILES string of the molecule is CC(=O)OOC(C)=O.CC(C)C=O.CC(C)CN1CCCOc2cc(N)ccc2NCC1.CC(C)CN1CCCOc2cc([N+](=O)[O-])ccc2NCC1.CO.Cc1cc(-c2ccccc2)c(C(=O)C(=O)Cl)n1C.Cc1cc(-c2ccccc2)c(C(=O)C(=O)Nc2ccc3c(c2)OCC2CN(CC(C)C)CCN32)n1C.O=[N+]([O-])c1ccc2c(c1)OCC1CNCCN21.[B-]OC(C)=O.[Na+]. The first-order valence-corrected chi connectivity index (χ1v) is 44.0. The van der Waals surface area contributed by atoms with E-state index in [1.807, 2.05) is 144 Å². The Morgan fingerprint density at radius 2 is 0.985 bits per heavy atom. The van der Waals surface area contributed by atoms with E-state index in [0.717, 1.165) is 218 Å². The Kier molecular flexibility index (Phi) is 48.1. The molecule has 2 unspecified atom stereocenters. The van der Waals surface area contributed by atoms with Crippen LogP contribution in [0.4, 0.5) is 45.5 Å². The summed E-state index contributed by atoms with van der Waals surface area (Å²) in [5.74, 6) is 1.36. The number of aldehydes is 1. The van der Waals surface area contributed by atoms with Crippen LogP contribution in [0.1, 0.15) is 121 Å². The maximum atomic E-state index is 13.3. The standard InChI is InChI=1S/C29H34N4O3.C15H23N3O3.C15H25N3O.C14H12ClNO2.C11H13N3O3.C4H6O4.C4H8O.C2H3BO2.CH4O.Na/c1-19(2)16-32-12-13-33-23(17-32)18-36-26-15-22(10-11-25(26)33)30-29(35)28(34)27-24(14-20(3)31(27)4)21-8-6-5-7-9-21;1-12(2)11-17-7-3-9-21-15-10-13(18(19)20)4-5-14(15)16-6-8-17;1-12(2)11-18-7-3-9-19-15-10-13(16)4-5-14(15)17-6-8-18;1-9-8-11(10-6-4-3-5-7-10)12(16(9)2)13(17)14(15)18;15-14(16)8-1-2-10-11(5-8)17-7-9-6-12-3-4-13(9)10;1-3(5)7-8-4(2)6;1-4(2)3-5;1-2(4)5-3;1-2;/h5-11,14-15,19,23H,12-13,16-18H2,1-4H3,(H,30,35);4-5,10,12,16H,3,6-9,11H2,1-2H3;4-5,10,12,17H,3,6-9,11,16H2,1-2H3;3-8H,1-2H3;1-2,5,9,12H,3-4,6-7H2;1-2H3;3-4H,1-2H3;1H3;2H,1H3;/q;;;;;;;-1;;+1. The number of halogens is 1. The number of fused-ring (bicyclic) bond motifs is 8. The first-order valence-electron chi connectivity index (χ1n) is 43.6. The molecule has 8 aromatic rings. The molecule has 7 N–H and O–H groups in total. The molecule has 0 spiro atoms. The van der Waals surface area contributed by atoms with Crippen LogP contribution in [0.5, 0.6) is 23.0 Å². The van der Waals surface area contributed by atoms with E-state index in [1.165, 1.54) is 31.2 Å².